The molecule has 1 aliphatic rings. The Kier molecular flexibility index (Phi) is 4.37. The summed E-state index contributed by atoms with van der Waals surface area (Å²) in [5, 5.41) is 9.40. The van der Waals surface area contributed by atoms with E-state index in [-0.39, 0.29) is 11.7 Å². The summed E-state index contributed by atoms with van der Waals surface area (Å²) in [4.78, 5) is 11.5. The summed E-state index contributed by atoms with van der Waals surface area (Å²) in [6.45, 7) is 1.13. The lowest BCUT2D eigenvalue weighted by molar-refractivity contribution is -0.141. The van der Waals surface area contributed by atoms with Crippen molar-refractivity contribution in [3.05, 3.63) is 29.6 Å². The van der Waals surface area contributed by atoms with Gasteiger partial charge in [0.05, 0.1) is 13.0 Å². The average Bonchev–Trinajstić information content (AvgIpc) is 2.40. The summed E-state index contributed by atoms with van der Waals surface area (Å²) in [5.41, 5.74) is 0.484. The van der Waals surface area contributed by atoms with Gasteiger partial charge in [0.25, 0.3) is 0 Å². The Balaban J connectivity index is 2.28. The van der Waals surface area contributed by atoms with Crippen LogP contribution in [0.25, 0.3) is 0 Å². The summed E-state index contributed by atoms with van der Waals surface area (Å²) in [6.07, 6.45) is 1.37. The fourth-order valence-corrected chi connectivity index (χ4v) is 2.54. The van der Waals surface area contributed by atoms with Crippen LogP contribution >= 0.6 is 0 Å². The molecular weight excluding hydrogens is 251 g/mol. The second-order valence-electron chi connectivity index (χ2n) is 4.66. The molecule has 0 bridgehead atoms. The molecule has 104 valence electrons. The summed E-state index contributed by atoms with van der Waals surface area (Å²) >= 11 is 0. The maximum atomic E-state index is 13.7. The van der Waals surface area contributed by atoms with E-state index in [9.17, 15) is 14.3 Å². The highest BCUT2D eigenvalue weighted by Gasteiger charge is 2.31. The van der Waals surface area contributed by atoms with E-state index in [4.69, 9.17) is 9.47 Å². The van der Waals surface area contributed by atoms with Crippen molar-refractivity contribution in [1.82, 2.24) is 0 Å². The molecule has 5 heteroatoms. The third kappa shape index (κ3) is 3.04. The predicted molar refractivity (Wildman–Crippen MR) is 66.9 cm³/mol. The molecule has 0 saturated carbocycles. The summed E-state index contributed by atoms with van der Waals surface area (Å²) in [6, 6.07) is 4.35. The Morgan fingerprint density at radius 2 is 2.16 bits per heavy atom. The van der Waals surface area contributed by atoms with E-state index in [1.54, 1.807) is 6.07 Å². The van der Waals surface area contributed by atoms with E-state index < -0.39 is 17.7 Å². The van der Waals surface area contributed by atoms with Crippen LogP contribution in [0.1, 0.15) is 24.3 Å². The van der Waals surface area contributed by atoms with Crippen molar-refractivity contribution in [2.45, 2.75) is 18.8 Å². The second kappa shape index (κ2) is 6.02. The largest absolute Gasteiger partial charge is 0.494 e. The van der Waals surface area contributed by atoms with E-state index in [1.165, 1.54) is 19.2 Å². The molecule has 0 spiro atoms. The second-order valence-corrected chi connectivity index (χ2v) is 4.66. The first-order valence-electron chi connectivity index (χ1n) is 6.27. The van der Waals surface area contributed by atoms with Gasteiger partial charge in [0.2, 0.25) is 0 Å². The number of rotatable bonds is 4. The number of carboxylic acid groups (broad SMARTS) is 1. The van der Waals surface area contributed by atoms with Crippen molar-refractivity contribution in [2.24, 2.45) is 5.92 Å². The molecule has 0 aromatic heterocycles. The minimum atomic E-state index is -0.920. The van der Waals surface area contributed by atoms with Crippen LogP contribution in [0.4, 0.5) is 4.39 Å². The first-order valence-corrected chi connectivity index (χ1v) is 6.27. The third-order valence-electron chi connectivity index (χ3n) is 3.54. The van der Waals surface area contributed by atoms with Crippen molar-refractivity contribution in [2.75, 3.05) is 20.3 Å². The molecular formula is C14H17FO4. The lowest BCUT2D eigenvalue weighted by atomic mass is 9.81. The highest BCUT2D eigenvalue weighted by Crippen LogP contribution is 2.34. The third-order valence-corrected chi connectivity index (χ3v) is 3.54. The van der Waals surface area contributed by atoms with E-state index in [0.717, 1.165) is 0 Å². The Morgan fingerprint density at radius 1 is 1.47 bits per heavy atom. The topological polar surface area (TPSA) is 55.8 Å². The zero-order valence-electron chi connectivity index (χ0n) is 10.8. The molecule has 1 saturated heterocycles. The summed E-state index contributed by atoms with van der Waals surface area (Å²) in [7, 11) is 1.38. The molecule has 1 aromatic rings. The smallest absolute Gasteiger partial charge is 0.311 e. The quantitative estimate of drug-likeness (QED) is 0.911. The van der Waals surface area contributed by atoms with Gasteiger partial charge in [-0.25, -0.2) is 4.39 Å². The molecule has 19 heavy (non-hydrogen) atoms. The zero-order chi connectivity index (χ0) is 13.8. The van der Waals surface area contributed by atoms with Crippen LogP contribution in [-0.2, 0) is 9.53 Å². The SMILES string of the molecule is COc1ccc(C(C(=O)O)C2CCOCC2)cc1F. The average molecular weight is 268 g/mol. The van der Waals surface area contributed by atoms with Gasteiger partial charge >= 0.3 is 5.97 Å². The van der Waals surface area contributed by atoms with Crippen LogP contribution in [0.5, 0.6) is 5.75 Å². The lowest BCUT2D eigenvalue weighted by Gasteiger charge is -2.28. The molecule has 1 aliphatic heterocycles. The fraction of sp³-hybridized carbons (Fsp3) is 0.500. The monoisotopic (exact) mass is 268 g/mol. The molecule has 1 fully saturated rings. The lowest BCUT2D eigenvalue weighted by Crippen LogP contribution is -2.27. The Labute approximate surface area is 111 Å². The normalized spacial score (nSPS) is 18.0. The van der Waals surface area contributed by atoms with Crippen molar-refractivity contribution in [1.29, 1.82) is 0 Å². The number of carboxylic acids is 1. The van der Waals surface area contributed by atoms with Crippen LogP contribution in [0.15, 0.2) is 18.2 Å². The van der Waals surface area contributed by atoms with Gasteiger partial charge in [-0.05, 0) is 36.5 Å². The van der Waals surface area contributed by atoms with Gasteiger partial charge in [0.15, 0.2) is 11.6 Å². The molecule has 1 aromatic carbocycles. The van der Waals surface area contributed by atoms with Crippen LogP contribution in [0, 0.1) is 11.7 Å². The van der Waals surface area contributed by atoms with Gasteiger partial charge in [-0.15, -0.1) is 0 Å². The Hall–Kier alpha value is -1.62. The molecule has 1 unspecified atom stereocenters. The zero-order valence-corrected chi connectivity index (χ0v) is 10.8. The minimum Gasteiger partial charge on any atom is -0.494 e. The van der Waals surface area contributed by atoms with Gasteiger partial charge in [-0.1, -0.05) is 6.07 Å². The summed E-state index contributed by atoms with van der Waals surface area (Å²) in [5.74, 6) is -2.03. The first kappa shape index (κ1) is 13.8. The Bertz CT molecular complexity index is 455. The molecule has 1 atom stereocenters. The highest BCUT2D eigenvalue weighted by molar-refractivity contribution is 5.76. The number of methoxy groups -OCH3 is 1. The highest BCUT2D eigenvalue weighted by atomic mass is 19.1. The van der Waals surface area contributed by atoms with Crippen molar-refractivity contribution >= 4 is 5.97 Å². The van der Waals surface area contributed by atoms with E-state index >= 15 is 0 Å². The number of ether oxygens (including phenoxy) is 2. The minimum absolute atomic E-state index is 0.0148. The number of hydrogen-bond donors (Lipinski definition) is 1. The van der Waals surface area contributed by atoms with Gasteiger partial charge in [0, 0.05) is 13.2 Å². The molecule has 0 amide bonds. The van der Waals surface area contributed by atoms with Gasteiger partial charge < -0.3 is 14.6 Å². The molecule has 4 nitrogen and oxygen atoms in total. The number of carbonyl (C=O) groups is 1. The number of aliphatic carboxylic acids is 1. The van der Waals surface area contributed by atoms with Crippen molar-refractivity contribution in [3.8, 4) is 5.75 Å². The Morgan fingerprint density at radius 3 is 2.68 bits per heavy atom. The van der Waals surface area contributed by atoms with Gasteiger partial charge in [-0.2, -0.15) is 0 Å². The maximum absolute atomic E-state index is 13.7. The molecule has 0 radical (unpaired) electrons. The van der Waals surface area contributed by atoms with Crippen LogP contribution in [-0.4, -0.2) is 31.4 Å². The molecule has 0 aliphatic carbocycles. The summed E-state index contributed by atoms with van der Waals surface area (Å²) < 4.78 is 23.8. The van der Waals surface area contributed by atoms with Crippen LogP contribution in [0.2, 0.25) is 0 Å². The van der Waals surface area contributed by atoms with E-state index in [1.807, 2.05) is 0 Å². The van der Waals surface area contributed by atoms with E-state index in [2.05, 4.69) is 0 Å². The van der Waals surface area contributed by atoms with E-state index in [0.29, 0.717) is 31.6 Å². The fourth-order valence-electron chi connectivity index (χ4n) is 2.54. The predicted octanol–water partition coefficient (Wildman–Crippen LogP) is 2.43. The van der Waals surface area contributed by atoms with Crippen molar-refractivity contribution in [3.63, 3.8) is 0 Å². The van der Waals surface area contributed by atoms with Crippen LogP contribution in [0.3, 0.4) is 0 Å². The molecule has 1 heterocycles. The van der Waals surface area contributed by atoms with Gasteiger partial charge in [-0.3, -0.25) is 4.79 Å². The van der Waals surface area contributed by atoms with Crippen LogP contribution < -0.4 is 4.74 Å². The maximum Gasteiger partial charge on any atom is 0.311 e. The first-order chi connectivity index (χ1) is 9.13. The number of halogens is 1. The number of benzene rings is 1. The van der Waals surface area contributed by atoms with Gasteiger partial charge in [0.1, 0.15) is 0 Å². The standard InChI is InChI=1S/C14H17FO4/c1-18-12-3-2-10(8-11(12)15)13(14(16)17)9-4-6-19-7-5-9/h2-3,8-9,13H,4-7H2,1H3,(H,16,17). The molecule has 1 N–H and O–H groups in total. The molecule has 2 rings (SSSR count). The number of hydrogen-bond acceptors (Lipinski definition) is 3. The van der Waals surface area contributed by atoms with Crippen molar-refractivity contribution < 1.29 is 23.8 Å².